The Morgan fingerprint density at radius 1 is 1.27 bits per heavy atom. The van der Waals surface area contributed by atoms with E-state index in [0.29, 0.717) is 11.3 Å². The highest BCUT2D eigenvalue weighted by atomic mass is 32.1. The molecule has 0 unspecified atom stereocenters. The number of aromatic amines is 1. The van der Waals surface area contributed by atoms with Gasteiger partial charge in [0.1, 0.15) is 17.0 Å². The SMILES string of the molecule is O=C(Nc1ccsc1)c1cn2cc(-c3c[nH]nn3)ccc2n1. The van der Waals surface area contributed by atoms with Crippen molar-refractivity contribution >= 4 is 28.6 Å². The van der Waals surface area contributed by atoms with E-state index in [2.05, 4.69) is 25.7 Å². The van der Waals surface area contributed by atoms with Crippen molar-refractivity contribution in [3.05, 3.63) is 53.2 Å². The molecule has 4 heterocycles. The number of carbonyl (C=O) groups is 1. The summed E-state index contributed by atoms with van der Waals surface area (Å²) in [5.41, 5.74) is 3.46. The lowest BCUT2D eigenvalue weighted by atomic mass is 10.2. The molecular formula is C14H10N6OS. The first kappa shape index (κ1) is 12.7. The number of carbonyl (C=O) groups excluding carboxylic acids is 1. The second-order valence-electron chi connectivity index (χ2n) is 4.63. The average Bonchev–Trinajstić information content (AvgIpc) is 3.27. The summed E-state index contributed by atoms with van der Waals surface area (Å²) < 4.78 is 1.80. The molecule has 0 aliphatic heterocycles. The van der Waals surface area contributed by atoms with Crippen LogP contribution in [0.15, 0.2) is 47.5 Å². The third kappa shape index (κ3) is 2.25. The van der Waals surface area contributed by atoms with Crippen molar-refractivity contribution in [2.24, 2.45) is 0 Å². The molecule has 0 aliphatic carbocycles. The Morgan fingerprint density at radius 3 is 3.00 bits per heavy atom. The van der Waals surface area contributed by atoms with Crippen molar-refractivity contribution in [2.75, 3.05) is 5.32 Å². The van der Waals surface area contributed by atoms with Crippen LogP contribution in [0.25, 0.3) is 16.9 Å². The van der Waals surface area contributed by atoms with Crippen LogP contribution in [0.5, 0.6) is 0 Å². The number of amides is 1. The van der Waals surface area contributed by atoms with Gasteiger partial charge in [-0.15, -0.1) is 5.10 Å². The average molecular weight is 310 g/mol. The van der Waals surface area contributed by atoms with Crippen LogP contribution in [0.3, 0.4) is 0 Å². The topological polar surface area (TPSA) is 88.0 Å². The van der Waals surface area contributed by atoms with Crippen molar-refractivity contribution in [3.8, 4) is 11.3 Å². The Morgan fingerprint density at radius 2 is 2.23 bits per heavy atom. The smallest absolute Gasteiger partial charge is 0.275 e. The largest absolute Gasteiger partial charge is 0.320 e. The number of fused-ring (bicyclic) bond motifs is 1. The number of imidazole rings is 1. The fourth-order valence-corrected chi connectivity index (χ4v) is 2.71. The van der Waals surface area contributed by atoms with Crippen molar-refractivity contribution in [1.29, 1.82) is 0 Å². The molecule has 4 rings (SSSR count). The highest BCUT2D eigenvalue weighted by Crippen LogP contribution is 2.18. The van der Waals surface area contributed by atoms with Gasteiger partial charge in [0.25, 0.3) is 5.91 Å². The van der Waals surface area contributed by atoms with E-state index in [-0.39, 0.29) is 5.91 Å². The highest BCUT2D eigenvalue weighted by molar-refractivity contribution is 7.08. The minimum atomic E-state index is -0.231. The Hall–Kier alpha value is -3.00. The molecule has 108 valence electrons. The van der Waals surface area contributed by atoms with Crippen LogP contribution in [-0.4, -0.2) is 30.7 Å². The molecule has 0 bridgehead atoms. The van der Waals surface area contributed by atoms with Gasteiger partial charge in [-0.3, -0.25) is 9.89 Å². The van der Waals surface area contributed by atoms with Crippen LogP contribution < -0.4 is 5.32 Å². The summed E-state index contributed by atoms with van der Waals surface area (Å²) in [6.07, 6.45) is 5.27. The maximum atomic E-state index is 12.2. The molecule has 4 aromatic rings. The number of nitrogens with one attached hydrogen (secondary N) is 2. The summed E-state index contributed by atoms with van der Waals surface area (Å²) in [5, 5.41) is 16.9. The molecule has 0 saturated heterocycles. The van der Waals surface area contributed by atoms with Gasteiger partial charge in [0.2, 0.25) is 0 Å². The predicted octanol–water partition coefficient (Wildman–Crippen LogP) is 2.43. The maximum absolute atomic E-state index is 12.2. The molecule has 8 heteroatoms. The summed E-state index contributed by atoms with van der Waals surface area (Å²) in [6, 6.07) is 5.58. The van der Waals surface area contributed by atoms with Gasteiger partial charge in [0.15, 0.2) is 0 Å². The van der Waals surface area contributed by atoms with Gasteiger partial charge in [-0.1, -0.05) is 5.21 Å². The molecule has 0 radical (unpaired) electrons. The number of anilines is 1. The molecule has 1 amide bonds. The van der Waals surface area contributed by atoms with Gasteiger partial charge in [0, 0.05) is 23.3 Å². The number of hydrogen-bond acceptors (Lipinski definition) is 5. The number of thiophene rings is 1. The second-order valence-corrected chi connectivity index (χ2v) is 5.41. The van der Waals surface area contributed by atoms with Crippen molar-refractivity contribution in [2.45, 2.75) is 0 Å². The summed E-state index contributed by atoms with van der Waals surface area (Å²) in [6.45, 7) is 0. The number of aromatic nitrogens is 5. The number of hydrogen-bond donors (Lipinski definition) is 2. The third-order valence-corrected chi connectivity index (χ3v) is 3.86. The molecule has 4 aromatic heterocycles. The van der Waals surface area contributed by atoms with E-state index in [1.807, 2.05) is 35.2 Å². The molecule has 0 fully saturated rings. The lowest BCUT2D eigenvalue weighted by Crippen LogP contribution is -2.11. The third-order valence-electron chi connectivity index (χ3n) is 3.18. The minimum Gasteiger partial charge on any atom is -0.320 e. The first-order chi connectivity index (χ1) is 10.8. The van der Waals surface area contributed by atoms with E-state index in [9.17, 15) is 4.79 Å². The molecule has 0 spiro atoms. The molecule has 0 aliphatic rings. The summed E-state index contributed by atoms with van der Waals surface area (Å²) in [7, 11) is 0. The van der Waals surface area contributed by atoms with Gasteiger partial charge in [-0.25, -0.2) is 4.98 Å². The normalized spacial score (nSPS) is 10.9. The van der Waals surface area contributed by atoms with Gasteiger partial charge < -0.3 is 9.72 Å². The van der Waals surface area contributed by atoms with E-state index in [0.717, 1.165) is 16.9 Å². The number of nitrogens with zero attached hydrogens (tertiary/aromatic N) is 4. The summed E-state index contributed by atoms with van der Waals surface area (Å²) in [4.78, 5) is 16.5. The molecular weight excluding hydrogens is 300 g/mol. The molecule has 7 nitrogen and oxygen atoms in total. The molecule has 22 heavy (non-hydrogen) atoms. The van der Waals surface area contributed by atoms with Crippen molar-refractivity contribution < 1.29 is 4.79 Å². The van der Waals surface area contributed by atoms with Crippen LogP contribution in [-0.2, 0) is 0 Å². The highest BCUT2D eigenvalue weighted by Gasteiger charge is 2.12. The first-order valence-electron chi connectivity index (χ1n) is 6.49. The van der Waals surface area contributed by atoms with Gasteiger partial charge in [-0.05, 0) is 23.6 Å². The van der Waals surface area contributed by atoms with E-state index in [1.54, 1.807) is 16.8 Å². The van der Waals surface area contributed by atoms with Crippen molar-refractivity contribution in [3.63, 3.8) is 0 Å². The maximum Gasteiger partial charge on any atom is 0.275 e. The van der Waals surface area contributed by atoms with E-state index in [1.165, 1.54) is 11.3 Å². The van der Waals surface area contributed by atoms with Gasteiger partial charge >= 0.3 is 0 Å². The standard InChI is InChI=1S/C14H10N6OS/c21-14(16-10-3-4-22-8-10)12-7-20-6-9(1-2-13(20)17-12)11-5-15-19-18-11/h1-8H,(H,16,21)(H,15,18,19). The zero-order chi connectivity index (χ0) is 14.9. The predicted molar refractivity (Wildman–Crippen MR) is 82.8 cm³/mol. The molecule has 0 aromatic carbocycles. The number of rotatable bonds is 3. The van der Waals surface area contributed by atoms with Crippen molar-refractivity contribution in [1.82, 2.24) is 24.8 Å². The van der Waals surface area contributed by atoms with E-state index in [4.69, 9.17) is 0 Å². The summed E-state index contributed by atoms with van der Waals surface area (Å²) in [5.74, 6) is -0.231. The lowest BCUT2D eigenvalue weighted by molar-refractivity contribution is 0.102. The van der Waals surface area contributed by atoms with Crippen LogP contribution in [0.2, 0.25) is 0 Å². The fourth-order valence-electron chi connectivity index (χ4n) is 2.13. The Balaban J connectivity index is 1.67. The lowest BCUT2D eigenvalue weighted by Gasteiger charge is -1.97. The minimum absolute atomic E-state index is 0.231. The first-order valence-corrected chi connectivity index (χ1v) is 7.43. The van der Waals surface area contributed by atoms with Crippen LogP contribution in [0, 0.1) is 0 Å². The molecule has 0 atom stereocenters. The number of H-pyrrole nitrogens is 1. The Labute approximate surface area is 128 Å². The van der Waals surface area contributed by atoms with Crippen LogP contribution in [0.4, 0.5) is 5.69 Å². The zero-order valence-electron chi connectivity index (χ0n) is 11.2. The Bertz CT molecular complexity index is 926. The summed E-state index contributed by atoms with van der Waals surface area (Å²) >= 11 is 1.53. The van der Waals surface area contributed by atoms with Gasteiger partial charge in [0.05, 0.1) is 11.9 Å². The molecule has 2 N–H and O–H groups in total. The van der Waals surface area contributed by atoms with E-state index >= 15 is 0 Å². The quantitative estimate of drug-likeness (QED) is 0.608. The monoisotopic (exact) mass is 310 g/mol. The van der Waals surface area contributed by atoms with Crippen LogP contribution >= 0.6 is 11.3 Å². The number of pyridine rings is 1. The Kier molecular flexibility index (Phi) is 2.94. The van der Waals surface area contributed by atoms with Crippen LogP contribution in [0.1, 0.15) is 10.5 Å². The second kappa shape index (κ2) is 5.08. The van der Waals surface area contributed by atoms with Gasteiger partial charge in [-0.2, -0.15) is 11.3 Å². The zero-order valence-corrected chi connectivity index (χ0v) is 12.0. The fraction of sp³-hybridized carbons (Fsp3) is 0. The molecule has 0 saturated carbocycles. The van der Waals surface area contributed by atoms with E-state index < -0.39 is 0 Å².